The summed E-state index contributed by atoms with van der Waals surface area (Å²) in [6.07, 6.45) is -3.24. The first-order valence-corrected chi connectivity index (χ1v) is 10.8. The molecule has 1 aliphatic rings. The second-order valence-corrected chi connectivity index (χ2v) is 8.81. The van der Waals surface area contributed by atoms with Crippen molar-refractivity contribution in [1.82, 2.24) is 4.90 Å². The van der Waals surface area contributed by atoms with Gasteiger partial charge in [0.25, 0.3) is 0 Å². The van der Waals surface area contributed by atoms with Crippen LogP contribution in [0.2, 0.25) is 0 Å². The van der Waals surface area contributed by atoms with Crippen LogP contribution in [0, 0.1) is 0 Å². The summed E-state index contributed by atoms with van der Waals surface area (Å²) >= 11 is 0. The molecule has 2 aromatic carbocycles. The summed E-state index contributed by atoms with van der Waals surface area (Å²) in [6, 6.07) is 13.7. The van der Waals surface area contributed by atoms with Crippen LogP contribution < -0.4 is 17.2 Å². The van der Waals surface area contributed by atoms with Crippen LogP contribution in [0.15, 0.2) is 53.5 Å². The van der Waals surface area contributed by atoms with Crippen LogP contribution in [-0.4, -0.2) is 35.4 Å². The van der Waals surface area contributed by atoms with Gasteiger partial charge in [0, 0.05) is 13.1 Å². The van der Waals surface area contributed by atoms with Crippen LogP contribution in [0.5, 0.6) is 0 Å². The Labute approximate surface area is 191 Å². The molecule has 1 unspecified atom stereocenters. The monoisotopic (exact) mass is 461 g/mol. The third-order valence-corrected chi connectivity index (χ3v) is 5.99. The largest absolute Gasteiger partial charge is 0.416 e. The van der Waals surface area contributed by atoms with Crippen molar-refractivity contribution in [3.8, 4) is 0 Å². The molecule has 9 heteroatoms. The molecule has 1 fully saturated rings. The molecule has 0 radical (unpaired) electrons. The first-order chi connectivity index (χ1) is 15.5. The second kappa shape index (κ2) is 9.82. The maximum absolute atomic E-state index is 13.8. The summed E-state index contributed by atoms with van der Waals surface area (Å²) in [7, 11) is 0. The van der Waals surface area contributed by atoms with Gasteiger partial charge in [-0.25, -0.2) is 4.99 Å². The average Bonchev–Trinajstić information content (AvgIpc) is 2.77. The minimum Gasteiger partial charge on any atom is -0.370 e. The number of guanidine groups is 1. The predicted octanol–water partition coefficient (Wildman–Crippen LogP) is 3.14. The van der Waals surface area contributed by atoms with Crippen molar-refractivity contribution in [3.05, 3.63) is 70.8 Å². The predicted molar refractivity (Wildman–Crippen MR) is 122 cm³/mol. The summed E-state index contributed by atoms with van der Waals surface area (Å²) < 4.78 is 41.4. The zero-order valence-corrected chi connectivity index (χ0v) is 18.6. The van der Waals surface area contributed by atoms with E-state index in [1.807, 2.05) is 30.3 Å². The lowest BCUT2D eigenvalue weighted by Gasteiger charge is -2.37. The Kier molecular flexibility index (Phi) is 7.31. The number of piperidine rings is 1. The molecule has 178 valence electrons. The van der Waals surface area contributed by atoms with Gasteiger partial charge in [0.2, 0.25) is 5.91 Å². The van der Waals surface area contributed by atoms with E-state index in [1.54, 1.807) is 17.9 Å². The van der Waals surface area contributed by atoms with Gasteiger partial charge < -0.3 is 22.1 Å². The van der Waals surface area contributed by atoms with Gasteiger partial charge in [0.15, 0.2) is 5.96 Å². The van der Waals surface area contributed by atoms with E-state index in [2.05, 4.69) is 4.99 Å². The Morgan fingerprint density at radius 3 is 2.27 bits per heavy atom. The SMILES string of the molecule is CC(N)(Cc1ccccc1)C(=O)N1CCC(c2ccc(CN=C(N)N)cc2C(F)(F)F)CC1. The number of carbonyl (C=O) groups excluding carboxylic acids is 1. The van der Waals surface area contributed by atoms with E-state index < -0.39 is 17.3 Å². The number of benzene rings is 2. The minimum absolute atomic E-state index is 0.0187. The number of likely N-dealkylation sites (tertiary alicyclic amines) is 1. The summed E-state index contributed by atoms with van der Waals surface area (Å²) in [5.41, 5.74) is 16.7. The van der Waals surface area contributed by atoms with Crippen molar-refractivity contribution in [2.45, 2.75) is 50.4 Å². The number of alkyl halides is 3. The molecular formula is C24H30F3N5O. The molecule has 1 atom stereocenters. The Bertz CT molecular complexity index is 993. The molecule has 1 heterocycles. The standard InChI is InChI=1S/C24H30F3N5O/c1-23(30,14-16-5-3-2-4-6-16)21(33)32-11-9-18(10-12-32)19-8-7-17(15-31-22(28)29)13-20(19)24(25,26)27/h2-8,13,18H,9-12,14-15,30H2,1H3,(H4,28,29,31). The van der Waals surface area contributed by atoms with Gasteiger partial charge in [-0.2, -0.15) is 13.2 Å². The summed E-state index contributed by atoms with van der Waals surface area (Å²) in [6.45, 7) is 2.40. The zero-order chi connectivity index (χ0) is 24.2. The first kappa shape index (κ1) is 24.6. The molecule has 0 bridgehead atoms. The molecule has 0 saturated carbocycles. The highest BCUT2D eigenvalue weighted by Gasteiger charge is 2.38. The summed E-state index contributed by atoms with van der Waals surface area (Å²) in [5.74, 6) is -0.668. The number of nitrogens with two attached hydrogens (primary N) is 3. The molecule has 1 saturated heterocycles. The van der Waals surface area contributed by atoms with Crippen molar-refractivity contribution in [2.24, 2.45) is 22.2 Å². The third kappa shape index (κ3) is 6.25. The highest BCUT2D eigenvalue weighted by Crippen LogP contribution is 2.39. The van der Waals surface area contributed by atoms with Crippen LogP contribution in [0.4, 0.5) is 13.2 Å². The van der Waals surface area contributed by atoms with Crippen molar-refractivity contribution in [3.63, 3.8) is 0 Å². The second-order valence-electron chi connectivity index (χ2n) is 8.81. The molecule has 1 amide bonds. The van der Waals surface area contributed by atoms with E-state index >= 15 is 0 Å². The smallest absolute Gasteiger partial charge is 0.370 e. The topological polar surface area (TPSA) is 111 Å². The third-order valence-electron chi connectivity index (χ3n) is 5.99. The Morgan fingerprint density at radius 1 is 1.06 bits per heavy atom. The van der Waals surface area contributed by atoms with Gasteiger partial charge in [-0.15, -0.1) is 0 Å². The van der Waals surface area contributed by atoms with E-state index in [1.165, 1.54) is 6.07 Å². The lowest BCUT2D eigenvalue weighted by atomic mass is 9.84. The highest BCUT2D eigenvalue weighted by molar-refractivity contribution is 5.86. The normalized spacial score (nSPS) is 16.8. The molecule has 33 heavy (non-hydrogen) atoms. The van der Waals surface area contributed by atoms with Gasteiger partial charge >= 0.3 is 6.18 Å². The quantitative estimate of drug-likeness (QED) is 0.453. The maximum atomic E-state index is 13.8. The molecule has 6 N–H and O–H groups in total. The number of rotatable bonds is 6. The molecule has 1 aliphatic heterocycles. The Hall–Kier alpha value is -3.07. The van der Waals surface area contributed by atoms with Crippen molar-refractivity contribution >= 4 is 11.9 Å². The Balaban J connectivity index is 1.71. The van der Waals surface area contributed by atoms with Crippen LogP contribution in [0.1, 0.15) is 47.9 Å². The minimum atomic E-state index is -4.50. The molecule has 3 rings (SSSR count). The number of aliphatic imine (C=N–C) groups is 1. The fraction of sp³-hybridized carbons (Fsp3) is 0.417. The fourth-order valence-electron chi connectivity index (χ4n) is 4.34. The molecule has 2 aromatic rings. The first-order valence-electron chi connectivity index (χ1n) is 10.8. The number of halogens is 3. The number of amides is 1. The van der Waals surface area contributed by atoms with Gasteiger partial charge in [0.1, 0.15) is 0 Å². The highest BCUT2D eigenvalue weighted by atomic mass is 19.4. The molecule has 6 nitrogen and oxygen atoms in total. The van der Waals surface area contributed by atoms with Gasteiger partial charge in [-0.3, -0.25) is 4.79 Å². The number of nitrogens with zero attached hydrogens (tertiary/aromatic N) is 2. The molecule has 0 aliphatic carbocycles. The van der Waals surface area contributed by atoms with Gasteiger partial charge in [-0.05, 0) is 54.9 Å². The number of hydrogen-bond acceptors (Lipinski definition) is 3. The molecular weight excluding hydrogens is 431 g/mol. The average molecular weight is 462 g/mol. The number of carbonyl (C=O) groups is 1. The van der Waals surface area contributed by atoms with Gasteiger partial charge in [0.05, 0.1) is 17.6 Å². The molecule has 0 spiro atoms. The summed E-state index contributed by atoms with van der Waals surface area (Å²) in [4.78, 5) is 18.5. The van der Waals surface area contributed by atoms with E-state index in [0.717, 1.165) is 11.6 Å². The maximum Gasteiger partial charge on any atom is 0.416 e. The lowest BCUT2D eigenvalue weighted by molar-refractivity contribution is -0.140. The fourth-order valence-corrected chi connectivity index (χ4v) is 4.34. The Morgan fingerprint density at radius 2 is 1.70 bits per heavy atom. The van der Waals surface area contributed by atoms with Crippen LogP contribution in [0.3, 0.4) is 0 Å². The number of hydrogen-bond donors (Lipinski definition) is 3. The van der Waals surface area contributed by atoms with Gasteiger partial charge in [-0.1, -0.05) is 42.5 Å². The van der Waals surface area contributed by atoms with E-state index in [0.29, 0.717) is 37.9 Å². The van der Waals surface area contributed by atoms with Crippen molar-refractivity contribution < 1.29 is 18.0 Å². The van der Waals surface area contributed by atoms with Crippen LogP contribution in [0.25, 0.3) is 0 Å². The van der Waals surface area contributed by atoms with Crippen LogP contribution in [-0.2, 0) is 23.9 Å². The lowest BCUT2D eigenvalue weighted by Crippen LogP contribution is -2.56. The van der Waals surface area contributed by atoms with E-state index in [-0.39, 0.29) is 29.9 Å². The van der Waals surface area contributed by atoms with Crippen molar-refractivity contribution in [1.29, 1.82) is 0 Å². The van der Waals surface area contributed by atoms with Crippen LogP contribution >= 0.6 is 0 Å². The molecule has 0 aromatic heterocycles. The zero-order valence-electron chi connectivity index (χ0n) is 18.6. The van der Waals surface area contributed by atoms with E-state index in [9.17, 15) is 18.0 Å². The summed E-state index contributed by atoms with van der Waals surface area (Å²) in [5, 5.41) is 0. The van der Waals surface area contributed by atoms with E-state index in [4.69, 9.17) is 17.2 Å². The van der Waals surface area contributed by atoms with Crippen molar-refractivity contribution in [2.75, 3.05) is 13.1 Å².